The first-order valence-electron chi connectivity index (χ1n) is 6.98. The van der Waals surface area contributed by atoms with Gasteiger partial charge in [-0.05, 0) is 32.4 Å². The Kier molecular flexibility index (Phi) is 3.55. The molecule has 0 atom stereocenters. The summed E-state index contributed by atoms with van der Waals surface area (Å²) in [5, 5.41) is 2.64. The van der Waals surface area contributed by atoms with Crippen molar-refractivity contribution in [2.75, 3.05) is 5.73 Å². The average Bonchev–Trinajstić information content (AvgIpc) is 2.99. The van der Waals surface area contributed by atoms with E-state index in [0.717, 1.165) is 12.2 Å². The summed E-state index contributed by atoms with van der Waals surface area (Å²) in [7, 11) is 0. The summed E-state index contributed by atoms with van der Waals surface area (Å²) in [5.41, 5.74) is 13.0. The Morgan fingerprint density at radius 3 is 2.48 bits per heavy atom. The molecule has 2 heterocycles. The molecular formula is C17H19N3S. The highest BCUT2D eigenvalue weighted by molar-refractivity contribution is 7.13. The lowest BCUT2D eigenvalue weighted by Gasteiger charge is -2.10. The third-order valence-electron chi connectivity index (χ3n) is 3.83. The maximum atomic E-state index is 5.75. The average molecular weight is 297 g/mol. The Bertz CT molecular complexity index is 766. The minimum Gasteiger partial charge on any atom is -0.375 e. The smallest absolute Gasteiger partial charge is 0.180 e. The molecule has 0 aliphatic heterocycles. The minimum absolute atomic E-state index is 0.619. The van der Waals surface area contributed by atoms with Gasteiger partial charge in [0.25, 0.3) is 0 Å². The lowest BCUT2D eigenvalue weighted by atomic mass is 10.1. The van der Waals surface area contributed by atoms with Gasteiger partial charge in [-0.2, -0.15) is 0 Å². The van der Waals surface area contributed by atoms with E-state index in [0.29, 0.717) is 5.13 Å². The summed E-state index contributed by atoms with van der Waals surface area (Å²) < 4.78 is 2.33. The van der Waals surface area contributed by atoms with Gasteiger partial charge in [0.2, 0.25) is 0 Å². The number of hydrogen-bond acceptors (Lipinski definition) is 3. The van der Waals surface area contributed by atoms with Gasteiger partial charge in [-0.15, -0.1) is 11.3 Å². The van der Waals surface area contributed by atoms with Gasteiger partial charge >= 0.3 is 0 Å². The Morgan fingerprint density at radius 1 is 1.14 bits per heavy atom. The van der Waals surface area contributed by atoms with E-state index in [1.165, 1.54) is 39.4 Å². The number of thiazole rings is 1. The summed E-state index contributed by atoms with van der Waals surface area (Å²) >= 11 is 1.49. The van der Waals surface area contributed by atoms with Crippen LogP contribution in [0.4, 0.5) is 5.13 Å². The van der Waals surface area contributed by atoms with Crippen LogP contribution in [-0.2, 0) is 6.54 Å². The lowest BCUT2D eigenvalue weighted by molar-refractivity contribution is 0.750. The molecule has 0 radical (unpaired) electrons. The van der Waals surface area contributed by atoms with Gasteiger partial charge in [-0.1, -0.05) is 29.8 Å². The number of rotatable bonds is 3. The second kappa shape index (κ2) is 5.37. The van der Waals surface area contributed by atoms with Crippen molar-refractivity contribution < 1.29 is 0 Å². The number of benzene rings is 1. The van der Waals surface area contributed by atoms with Crippen molar-refractivity contribution in [1.82, 2.24) is 9.55 Å². The minimum atomic E-state index is 0.619. The highest BCUT2D eigenvalue weighted by Gasteiger charge is 2.13. The van der Waals surface area contributed by atoms with Crippen LogP contribution in [0.1, 0.15) is 22.5 Å². The molecule has 0 spiro atoms. The van der Waals surface area contributed by atoms with E-state index in [4.69, 9.17) is 5.73 Å². The van der Waals surface area contributed by atoms with Crippen LogP contribution in [0.25, 0.3) is 11.3 Å². The molecule has 0 aliphatic carbocycles. The number of nitrogens with two attached hydrogens (primary N) is 1. The van der Waals surface area contributed by atoms with Crippen molar-refractivity contribution in [2.45, 2.75) is 27.3 Å². The quantitative estimate of drug-likeness (QED) is 0.788. The van der Waals surface area contributed by atoms with E-state index in [2.05, 4.69) is 60.7 Å². The SMILES string of the molecule is Cc1ccc(Cn2c(C)cc(-c3csc(N)n3)c2C)cc1. The Hall–Kier alpha value is -2.07. The molecule has 0 saturated carbocycles. The zero-order chi connectivity index (χ0) is 15.0. The van der Waals surface area contributed by atoms with Gasteiger partial charge in [-0.3, -0.25) is 0 Å². The van der Waals surface area contributed by atoms with Crippen molar-refractivity contribution in [3.8, 4) is 11.3 Å². The van der Waals surface area contributed by atoms with E-state index in [9.17, 15) is 0 Å². The van der Waals surface area contributed by atoms with Crippen molar-refractivity contribution >= 4 is 16.5 Å². The molecule has 4 heteroatoms. The molecule has 0 aliphatic rings. The van der Waals surface area contributed by atoms with Crippen LogP contribution in [0.15, 0.2) is 35.7 Å². The van der Waals surface area contributed by atoms with Crippen molar-refractivity contribution in [1.29, 1.82) is 0 Å². The fourth-order valence-electron chi connectivity index (χ4n) is 2.59. The fraction of sp³-hybridized carbons (Fsp3) is 0.235. The second-order valence-electron chi connectivity index (χ2n) is 5.43. The third kappa shape index (κ3) is 2.72. The lowest BCUT2D eigenvalue weighted by Crippen LogP contribution is -2.03. The predicted octanol–water partition coefficient (Wildman–Crippen LogP) is 4.17. The molecule has 3 aromatic rings. The Balaban J connectivity index is 1.96. The third-order valence-corrected chi connectivity index (χ3v) is 4.51. The topological polar surface area (TPSA) is 43.8 Å². The van der Waals surface area contributed by atoms with Gasteiger partial charge in [0.15, 0.2) is 5.13 Å². The van der Waals surface area contributed by atoms with Gasteiger partial charge in [0.05, 0.1) is 5.69 Å². The van der Waals surface area contributed by atoms with E-state index >= 15 is 0 Å². The second-order valence-corrected chi connectivity index (χ2v) is 6.32. The number of nitrogen functional groups attached to an aromatic ring is 1. The molecule has 108 valence electrons. The molecule has 3 rings (SSSR count). The molecule has 0 bridgehead atoms. The van der Waals surface area contributed by atoms with Crippen molar-refractivity contribution in [2.24, 2.45) is 0 Å². The van der Waals surface area contributed by atoms with Gasteiger partial charge in [0.1, 0.15) is 0 Å². The first-order chi connectivity index (χ1) is 10.0. The summed E-state index contributed by atoms with van der Waals surface area (Å²) in [6.45, 7) is 7.28. The summed E-state index contributed by atoms with van der Waals surface area (Å²) in [6.07, 6.45) is 0. The number of nitrogens with zero attached hydrogens (tertiary/aromatic N) is 2. The Morgan fingerprint density at radius 2 is 1.86 bits per heavy atom. The molecular weight excluding hydrogens is 278 g/mol. The maximum absolute atomic E-state index is 5.75. The normalized spacial score (nSPS) is 11.0. The molecule has 3 nitrogen and oxygen atoms in total. The maximum Gasteiger partial charge on any atom is 0.180 e. The van der Waals surface area contributed by atoms with Crippen LogP contribution >= 0.6 is 11.3 Å². The molecule has 1 aromatic carbocycles. The summed E-state index contributed by atoms with van der Waals surface area (Å²) in [6, 6.07) is 10.9. The van der Waals surface area contributed by atoms with Gasteiger partial charge < -0.3 is 10.3 Å². The number of anilines is 1. The van der Waals surface area contributed by atoms with Crippen LogP contribution in [0.3, 0.4) is 0 Å². The van der Waals surface area contributed by atoms with E-state index in [1.807, 2.05) is 5.38 Å². The molecule has 0 saturated heterocycles. The van der Waals surface area contributed by atoms with Crippen LogP contribution < -0.4 is 5.73 Å². The Labute approximate surface area is 129 Å². The summed E-state index contributed by atoms with van der Waals surface area (Å²) in [5.74, 6) is 0. The van der Waals surface area contributed by atoms with Gasteiger partial charge in [-0.25, -0.2) is 4.98 Å². The summed E-state index contributed by atoms with van der Waals surface area (Å²) in [4.78, 5) is 4.40. The first-order valence-corrected chi connectivity index (χ1v) is 7.86. The van der Waals surface area contributed by atoms with E-state index in [1.54, 1.807) is 0 Å². The molecule has 2 aromatic heterocycles. The standard InChI is InChI=1S/C17H19N3S/c1-11-4-6-14(7-5-11)9-20-12(2)8-15(13(20)3)16-10-21-17(18)19-16/h4-8,10H,9H2,1-3H3,(H2,18,19). The van der Waals surface area contributed by atoms with Gasteiger partial charge in [0, 0.05) is 28.9 Å². The molecule has 2 N–H and O–H groups in total. The fourth-order valence-corrected chi connectivity index (χ4v) is 3.15. The molecule has 0 unspecified atom stereocenters. The first kappa shape index (κ1) is 13.9. The van der Waals surface area contributed by atoms with Crippen LogP contribution in [0.2, 0.25) is 0 Å². The number of aromatic nitrogens is 2. The zero-order valence-electron chi connectivity index (χ0n) is 12.6. The molecule has 21 heavy (non-hydrogen) atoms. The van der Waals surface area contributed by atoms with E-state index in [-0.39, 0.29) is 0 Å². The van der Waals surface area contributed by atoms with Crippen molar-refractivity contribution in [3.05, 3.63) is 58.2 Å². The molecule has 0 fully saturated rings. The highest BCUT2D eigenvalue weighted by atomic mass is 32.1. The largest absolute Gasteiger partial charge is 0.375 e. The van der Waals surface area contributed by atoms with Crippen LogP contribution in [0.5, 0.6) is 0 Å². The number of hydrogen-bond donors (Lipinski definition) is 1. The van der Waals surface area contributed by atoms with Crippen molar-refractivity contribution in [3.63, 3.8) is 0 Å². The molecule has 0 amide bonds. The predicted molar refractivity (Wildman–Crippen MR) is 89.7 cm³/mol. The zero-order valence-corrected chi connectivity index (χ0v) is 13.4. The van der Waals surface area contributed by atoms with Crippen LogP contribution in [0, 0.1) is 20.8 Å². The highest BCUT2D eigenvalue weighted by Crippen LogP contribution is 2.29. The van der Waals surface area contributed by atoms with Crippen LogP contribution in [-0.4, -0.2) is 9.55 Å². The monoisotopic (exact) mass is 297 g/mol. The number of aryl methyl sites for hydroxylation is 2. The van der Waals surface area contributed by atoms with E-state index < -0.39 is 0 Å².